The molecule has 7 N–H and O–H groups in total. The zero-order chi connectivity index (χ0) is 98.4. The van der Waals surface area contributed by atoms with Gasteiger partial charge in [0.05, 0.1) is 109 Å². The molecule has 39 heteroatoms. The zero-order valence-corrected chi connectivity index (χ0v) is 86.8. The highest BCUT2D eigenvalue weighted by Crippen LogP contribution is 2.98. The number of ketones is 1. The summed E-state index contributed by atoms with van der Waals surface area (Å²) in [5.41, 5.74) is -7.14. The zero-order valence-electron chi connectivity index (χ0n) is 77.9. The Morgan fingerprint density at radius 1 is 0.406 bits per heavy atom. The van der Waals surface area contributed by atoms with Gasteiger partial charge in [0.1, 0.15) is 48.8 Å². The Labute approximate surface area is 798 Å². The van der Waals surface area contributed by atoms with E-state index in [-0.39, 0.29) is 69.2 Å². The van der Waals surface area contributed by atoms with Crippen LogP contribution >= 0.6 is 80.4 Å². The number of esters is 9. The number of ether oxygens (including phenoxy) is 12. The second kappa shape index (κ2) is 40.9. The lowest BCUT2D eigenvalue weighted by Crippen LogP contribution is -2.80. The smallest absolute Gasteiger partial charge is 0.338 e. The van der Waals surface area contributed by atoms with Crippen LogP contribution in [0.1, 0.15) is 194 Å². The maximum atomic E-state index is 14.8. The van der Waals surface area contributed by atoms with Crippen molar-refractivity contribution in [2.24, 2.45) is 68.0 Å². The van der Waals surface area contributed by atoms with Gasteiger partial charge in [-0.3, -0.25) is 33.6 Å². The molecule has 33 atom stereocenters. The van der Waals surface area contributed by atoms with Crippen LogP contribution in [-0.2, 0) is 94.9 Å². The van der Waals surface area contributed by atoms with E-state index < -0.39 is 270 Å². The molecule has 6 saturated carbocycles. The summed E-state index contributed by atoms with van der Waals surface area (Å²) in [6, 6.07) is 25.5. The van der Waals surface area contributed by atoms with E-state index in [1.807, 2.05) is 54.5 Å². The second-order valence-corrected chi connectivity index (χ2v) is 63.9. The largest absolute Gasteiger partial charge is 0.458 e. The predicted octanol–water partition coefficient (Wildman–Crippen LogP) is 13.0. The first kappa shape index (κ1) is 107. The van der Waals surface area contributed by atoms with Gasteiger partial charge in [-0.2, -0.15) is 0 Å². The van der Waals surface area contributed by atoms with Gasteiger partial charge in [0, 0.05) is 89.4 Å². The van der Waals surface area contributed by atoms with Crippen molar-refractivity contribution >= 4 is 140 Å². The highest BCUT2D eigenvalue weighted by atomic mass is 35.5. The average Bonchev–Trinajstić information content (AvgIpc) is 0.683. The Hall–Kier alpha value is -5.07. The molecule has 6 bridgehead atoms. The first-order valence-electron chi connectivity index (χ1n) is 44.5. The molecule has 732 valence electrons. The molecule has 0 aromatic heterocycles. The molecule has 133 heavy (non-hydrogen) atoms. The Bertz CT molecular complexity index is 5000. The molecule has 0 amide bonds. The Kier molecular flexibility index (Phi) is 32.8. The number of carbonyl (C=O) groups excluding carboxylic acids is 10. The van der Waals surface area contributed by atoms with Gasteiger partial charge in [-0.05, 0) is 147 Å². The van der Waals surface area contributed by atoms with Crippen LogP contribution in [0.15, 0.2) is 124 Å². The Balaban J connectivity index is 0.000000178. The number of carbonyl (C=O) groups is 10. The van der Waals surface area contributed by atoms with E-state index in [9.17, 15) is 83.7 Å². The quantitative estimate of drug-likeness (QED) is 0.0230. The molecule has 3 aliphatic heterocycles. The van der Waals surface area contributed by atoms with Crippen molar-refractivity contribution in [1.29, 1.82) is 0 Å². The van der Waals surface area contributed by atoms with Gasteiger partial charge in [-0.1, -0.05) is 110 Å². The van der Waals surface area contributed by atoms with Crippen molar-refractivity contribution in [3.05, 3.63) is 141 Å². The molecule has 3 heterocycles. The van der Waals surface area contributed by atoms with Crippen LogP contribution in [0.2, 0.25) is 0 Å². The minimum Gasteiger partial charge on any atom is -0.458 e. The fourth-order valence-electron chi connectivity index (χ4n) is 24.9. The number of alkyl halides is 2. The average molecular weight is 2020 g/mol. The topological polar surface area (TPSA) is 432 Å². The maximum absolute atomic E-state index is 14.8. The van der Waals surface area contributed by atoms with E-state index in [0.717, 1.165) is 0 Å². The van der Waals surface area contributed by atoms with E-state index in [2.05, 4.69) is 35.7 Å². The molecule has 10 unspecified atom stereocenters. The van der Waals surface area contributed by atoms with E-state index in [0.29, 0.717) is 44.6 Å². The molecular weight excluding hydrogens is 1900 g/mol. The monoisotopic (exact) mass is 2020 g/mol. The third-order valence-corrected chi connectivity index (χ3v) is 53.5. The first-order valence-corrected chi connectivity index (χ1v) is 57.4. The molecule has 0 radical (unpaired) electrons. The van der Waals surface area contributed by atoms with Crippen molar-refractivity contribution in [1.82, 2.24) is 0 Å². The first-order chi connectivity index (χ1) is 62.1. The number of benzene rings is 3. The summed E-state index contributed by atoms with van der Waals surface area (Å²) in [4.78, 5) is 132. The van der Waals surface area contributed by atoms with Crippen LogP contribution in [0.4, 0.5) is 0 Å². The predicted molar refractivity (Wildman–Crippen MR) is 507 cm³/mol. The SMILES string of the molecule is CC(=O)O[C@@H]1C2=C(C)[C@@H](O)CC([C@@H](OC(=O)c3ccccc3)C3[C@@](C)([C@@H](OP(P(P)P)P(P)P)C[C@H]4OC[C@@]34OC(C)=O)[C@@H]1O)C2(C)C.CC(=O)O[C@@H]1C2=C(C)[C@@H](O)CC([C@@H](OC(=O)c3ccccc3)C3[C@](C)([C@@H]1O)[C@@H](O)C[C@H]1OC[C@@]31OC(C)=O)C2(C)C.CC(=O)O[C@H]1C(=O)[C@@]2(C)C([C@H](OC(=O)c3ccccc3)C3C[C@H](O)C(C)=C1C3(C)C)[C@]1(OC(C)=O)CO[C@@H]1C[C@@H]2O.ClCCl. The summed E-state index contributed by atoms with van der Waals surface area (Å²) < 4.78 is 80.1. The van der Waals surface area contributed by atoms with Gasteiger partial charge in [-0.15, -0.1) is 58.9 Å². The maximum Gasteiger partial charge on any atom is 0.338 e. The van der Waals surface area contributed by atoms with Crippen molar-refractivity contribution in [2.75, 3.05) is 25.2 Å². The summed E-state index contributed by atoms with van der Waals surface area (Å²) in [5, 5.41) is 83.0. The summed E-state index contributed by atoms with van der Waals surface area (Å²) >= 11 is 9.53. The fraction of sp³-hybridized carbons (Fsp3) is 0.638. The van der Waals surface area contributed by atoms with Crippen LogP contribution in [0.3, 0.4) is 0 Å². The summed E-state index contributed by atoms with van der Waals surface area (Å²) in [7, 11) is 10.4. The lowest BCUT2D eigenvalue weighted by atomic mass is 9.45. The standard InChI is InChI=1S/C31H47O10P7.C31H40O10.C31H38O10.CH2Cl2/c1-15-20(34)12-19-24(39-28(36)18-10-8-7-9-11-18)26-30(6,27(35)25(38-16(2)32)23(15)29(19,4)5)21(41-46(47(42)43)48(44)45)13-22-31(26,14-37-22)40-17(3)33;2*1-15-20(34)12-19-24(40-28(37)18-10-8-7-9-11-18)26-30(6,21(35)13-22-31(26,14-38-22)41-17(3)33)27(36)25(39-16(2)32)23(15)29(19,4)5;2-1-3/h7-11,19-22,24-27,34-35H,12-14,42-45H2,1-6H3;7-11,19-22,24-27,34-36H,12-14H2,1-6H3;7-11,19-22,24-26,34-35H,12-14H2,1-6H3;1H2/t2*19?,20-,21-,22+,24+,25+,26?,27+,30+,31-;19?,20-,21-,22+,24+,25+,26?,30+,31-;/m000./s1. The molecule has 15 rings (SSSR count). The number of Topliss-reactive ketones (excluding diaryl/α,β-unsaturated/α-hetero) is 1. The van der Waals surface area contributed by atoms with Crippen LogP contribution in [0.25, 0.3) is 0 Å². The number of hydrogen-bond acceptors (Lipinski definition) is 30. The highest BCUT2D eigenvalue weighted by Gasteiger charge is 2.80. The molecule has 9 aliphatic carbocycles. The number of hydrogen-bond donors (Lipinski definition) is 7. The van der Waals surface area contributed by atoms with Gasteiger partial charge in [0.25, 0.3) is 0 Å². The third kappa shape index (κ3) is 19.1. The van der Waals surface area contributed by atoms with Crippen molar-refractivity contribution in [3.63, 3.8) is 0 Å². The van der Waals surface area contributed by atoms with Gasteiger partial charge in [-0.25, -0.2) is 14.4 Å². The van der Waals surface area contributed by atoms with Gasteiger partial charge in [0.15, 0.2) is 40.9 Å². The van der Waals surface area contributed by atoms with E-state index in [1.54, 1.807) is 120 Å². The fourth-order valence-corrected chi connectivity index (χ4v) is 57.8. The van der Waals surface area contributed by atoms with E-state index >= 15 is 0 Å². The summed E-state index contributed by atoms with van der Waals surface area (Å²) in [6.45, 7) is 27.9. The van der Waals surface area contributed by atoms with Crippen molar-refractivity contribution in [2.45, 2.75) is 284 Å². The second-order valence-electron chi connectivity index (χ2n) is 39.5. The normalized spacial score (nSPS) is 38.3. The van der Waals surface area contributed by atoms with Gasteiger partial charge < -0.3 is 97.1 Å². The molecule has 3 aromatic rings. The van der Waals surface area contributed by atoms with E-state index in [1.165, 1.54) is 41.5 Å². The van der Waals surface area contributed by atoms with E-state index in [4.69, 9.17) is 84.6 Å². The molecule has 9 fully saturated rings. The molecule has 12 aliphatic rings. The molecular formula is C94H127Cl2O30P7. The Morgan fingerprint density at radius 2 is 0.707 bits per heavy atom. The number of rotatable bonds is 16. The Morgan fingerprint density at radius 3 is 1.03 bits per heavy atom. The molecule has 0 spiro atoms. The van der Waals surface area contributed by atoms with Crippen LogP contribution < -0.4 is 0 Å². The lowest BCUT2D eigenvalue weighted by molar-refractivity contribution is -0.354. The number of aliphatic hydroxyl groups excluding tert-OH is 7. The van der Waals surface area contributed by atoms with Gasteiger partial charge in [0.2, 0.25) is 0 Å². The van der Waals surface area contributed by atoms with Crippen LogP contribution in [0, 0.1) is 68.0 Å². The number of halogens is 2. The molecule has 3 saturated heterocycles. The number of fused-ring (bicyclic) bond motifs is 15. The minimum absolute atomic E-state index is 0.0146. The van der Waals surface area contributed by atoms with Gasteiger partial charge >= 0.3 is 53.7 Å². The van der Waals surface area contributed by atoms with Crippen molar-refractivity contribution < 1.29 is 145 Å². The minimum atomic E-state index is -1.69. The lowest BCUT2D eigenvalue weighted by Gasteiger charge is -2.68. The number of aliphatic hydroxyl groups is 7. The summed E-state index contributed by atoms with van der Waals surface area (Å²) in [5.74, 6) is -10.9. The summed E-state index contributed by atoms with van der Waals surface area (Å²) in [6.07, 6.45) is -17.3. The van der Waals surface area contributed by atoms with Crippen molar-refractivity contribution in [3.8, 4) is 0 Å². The highest BCUT2D eigenvalue weighted by molar-refractivity contribution is 8.96. The molecule has 30 nitrogen and oxygen atoms in total. The van der Waals surface area contributed by atoms with Crippen LogP contribution in [0.5, 0.6) is 0 Å². The molecule has 3 aromatic carbocycles. The van der Waals surface area contributed by atoms with Crippen LogP contribution in [-0.4, -0.2) is 241 Å². The third-order valence-electron chi connectivity index (χ3n) is 31.1.